The number of hydrogen-bond donors (Lipinski definition) is 1. The lowest BCUT2D eigenvalue weighted by atomic mass is 10.0. The molecule has 0 amide bonds. The predicted octanol–water partition coefficient (Wildman–Crippen LogP) is 3.41. The van der Waals surface area contributed by atoms with E-state index in [1.165, 1.54) is 0 Å². The van der Waals surface area contributed by atoms with Crippen LogP contribution in [0.4, 0.5) is 0 Å². The van der Waals surface area contributed by atoms with Gasteiger partial charge in [-0.3, -0.25) is 9.67 Å². The molecular weight excluding hydrogens is 286 g/mol. The van der Waals surface area contributed by atoms with E-state index < -0.39 is 6.10 Å². The lowest BCUT2D eigenvalue weighted by molar-refractivity contribution is 0.174. The Kier molecular flexibility index (Phi) is 5.01. The molecule has 0 aliphatic rings. The first-order chi connectivity index (χ1) is 9.97. The van der Waals surface area contributed by atoms with E-state index in [0.717, 1.165) is 41.3 Å². The summed E-state index contributed by atoms with van der Waals surface area (Å²) in [6.45, 7) is 8.66. The largest absolute Gasteiger partial charge is 0.388 e. The average Bonchev–Trinajstić information content (AvgIpc) is 2.75. The zero-order valence-corrected chi connectivity index (χ0v) is 13.8. The number of aliphatic hydroxyl groups excluding tert-OH is 1. The molecule has 4 nitrogen and oxygen atoms in total. The molecule has 114 valence electrons. The van der Waals surface area contributed by atoms with Crippen molar-refractivity contribution in [3.63, 3.8) is 0 Å². The monoisotopic (exact) mass is 307 g/mol. The summed E-state index contributed by atoms with van der Waals surface area (Å²) in [6, 6.07) is 3.85. The van der Waals surface area contributed by atoms with Gasteiger partial charge in [0.2, 0.25) is 0 Å². The van der Waals surface area contributed by atoms with E-state index >= 15 is 0 Å². The fourth-order valence-corrected chi connectivity index (χ4v) is 2.90. The average molecular weight is 308 g/mol. The van der Waals surface area contributed by atoms with E-state index in [1.807, 2.05) is 44.5 Å². The number of aromatic nitrogens is 3. The minimum Gasteiger partial charge on any atom is -0.388 e. The van der Waals surface area contributed by atoms with E-state index in [2.05, 4.69) is 10.1 Å². The van der Waals surface area contributed by atoms with E-state index in [-0.39, 0.29) is 0 Å². The molecule has 0 aromatic carbocycles. The highest BCUT2D eigenvalue weighted by Crippen LogP contribution is 2.27. The molecule has 0 spiro atoms. The summed E-state index contributed by atoms with van der Waals surface area (Å²) < 4.78 is 1.88. The molecular formula is C16H22ClN3O. The molecule has 1 unspecified atom stereocenters. The SMILES string of the molecule is CCc1nn(CC)c(CC(O)c2ccc(C)nc2C)c1Cl. The van der Waals surface area contributed by atoms with Crippen molar-refractivity contribution < 1.29 is 5.11 Å². The molecule has 5 heteroatoms. The highest BCUT2D eigenvalue weighted by atomic mass is 35.5. The summed E-state index contributed by atoms with van der Waals surface area (Å²) in [4.78, 5) is 4.41. The van der Waals surface area contributed by atoms with Crippen molar-refractivity contribution >= 4 is 11.6 Å². The van der Waals surface area contributed by atoms with Crippen LogP contribution in [0.15, 0.2) is 12.1 Å². The number of aliphatic hydroxyl groups is 1. The summed E-state index contributed by atoms with van der Waals surface area (Å²) in [5, 5.41) is 15.7. The normalized spacial score (nSPS) is 12.7. The third-order valence-corrected chi connectivity index (χ3v) is 4.14. The van der Waals surface area contributed by atoms with Gasteiger partial charge in [-0.2, -0.15) is 5.10 Å². The van der Waals surface area contributed by atoms with E-state index in [4.69, 9.17) is 11.6 Å². The molecule has 2 aromatic heterocycles. The van der Waals surface area contributed by atoms with Gasteiger partial charge in [-0.25, -0.2) is 0 Å². The van der Waals surface area contributed by atoms with Gasteiger partial charge in [0.15, 0.2) is 0 Å². The molecule has 0 bridgehead atoms. The van der Waals surface area contributed by atoms with Crippen LogP contribution in [0.3, 0.4) is 0 Å². The molecule has 0 aliphatic carbocycles. The Labute approximate surface area is 130 Å². The van der Waals surface area contributed by atoms with Crippen molar-refractivity contribution in [2.45, 2.75) is 53.2 Å². The first kappa shape index (κ1) is 16.0. The minimum atomic E-state index is -0.623. The summed E-state index contributed by atoms with van der Waals surface area (Å²) in [5.74, 6) is 0. The third kappa shape index (κ3) is 3.27. The van der Waals surface area contributed by atoms with Crippen molar-refractivity contribution in [2.75, 3.05) is 0 Å². The van der Waals surface area contributed by atoms with Crippen LogP contribution in [-0.2, 0) is 19.4 Å². The van der Waals surface area contributed by atoms with E-state index in [0.29, 0.717) is 11.4 Å². The number of aryl methyl sites for hydroxylation is 4. The van der Waals surface area contributed by atoms with Crippen LogP contribution in [0.2, 0.25) is 5.02 Å². The first-order valence-corrected chi connectivity index (χ1v) is 7.71. The second kappa shape index (κ2) is 6.58. The Morgan fingerprint density at radius 2 is 2.00 bits per heavy atom. The van der Waals surface area contributed by atoms with Gasteiger partial charge in [0.25, 0.3) is 0 Å². The highest BCUT2D eigenvalue weighted by Gasteiger charge is 2.20. The number of rotatable bonds is 5. The standard InChI is InChI=1S/C16H22ClN3O/c1-5-13-16(17)14(20(6-2)19-13)9-15(21)12-8-7-10(3)18-11(12)4/h7-8,15,21H,5-6,9H2,1-4H3. The molecule has 2 rings (SSSR count). The molecule has 1 N–H and O–H groups in total. The van der Waals surface area contributed by atoms with Crippen LogP contribution in [-0.4, -0.2) is 19.9 Å². The van der Waals surface area contributed by atoms with Crippen LogP contribution < -0.4 is 0 Å². The molecule has 2 aromatic rings. The quantitative estimate of drug-likeness (QED) is 0.921. The number of hydrogen-bond acceptors (Lipinski definition) is 3. The maximum Gasteiger partial charge on any atom is 0.0863 e. The molecule has 0 aliphatic heterocycles. The summed E-state index contributed by atoms with van der Waals surface area (Å²) >= 11 is 6.39. The molecule has 0 radical (unpaired) electrons. The zero-order chi connectivity index (χ0) is 15.6. The Hall–Kier alpha value is -1.39. The second-order valence-corrected chi connectivity index (χ2v) is 5.60. The van der Waals surface area contributed by atoms with Crippen LogP contribution in [0.25, 0.3) is 0 Å². The smallest absolute Gasteiger partial charge is 0.0863 e. The van der Waals surface area contributed by atoms with Crippen molar-refractivity contribution in [1.82, 2.24) is 14.8 Å². The minimum absolute atomic E-state index is 0.450. The van der Waals surface area contributed by atoms with Gasteiger partial charge in [0.05, 0.1) is 22.5 Å². The number of pyridine rings is 1. The van der Waals surface area contributed by atoms with Gasteiger partial charge in [0, 0.05) is 29.9 Å². The Bertz CT molecular complexity index is 637. The number of nitrogens with zero attached hydrogens (tertiary/aromatic N) is 3. The first-order valence-electron chi connectivity index (χ1n) is 7.34. The van der Waals surface area contributed by atoms with Crippen molar-refractivity contribution in [3.05, 3.63) is 45.5 Å². The van der Waals surface area contributed by atoms with Gasteiger partial charge in [-0.1, -0.05) is 24.6 Å². The highest BCUT2D eigenvalue weighted by molar-refractivity contribution is 6.31. The summed E-state index contributed by atoms with van der Waals surface area (Å²) in [5.41, 5.74) is 4.44. The lowest BCUT2D eigenvalue weighted by Gasteiger charge is -2.14. The van der Waals surface area contributed by atoms with E-state index in [1.54, 1.807) is 0 Å². The maximum absolute atomic E-state index is 10.5. The Balaban J connectivity index is 2.31. The second-order valence-electron chi connectivity index (χ2n) is 5.22. The number of halogens is 1. The maximum atomic E-state index is 10.5. The van der Waals surface area contributed by atoms with Gasteiger partial charge < -0.3 is 5.11 Å². The van der Waals surface area contributed by atoms with Gasteiger partial charge in [-0.15, -0.1) is 0 Å². The molecule has 1 atom stereocenters. The molecule has 0 fully saturated rings. The molecule has 21 heavy (non-hydrogen) atoms. The van der Waals surface area contributed by atoms with Crippen molar-refractivity contribution in [3.8, 4) is 0 Å². The van der Waals surface area contributed by atoms with Crippen LogP contribution >= 0.6 is 11.6 Å². The van der Waals surface area contributed by atoms with Gasteiger partial charge in [-0.05, 0) is 33.3 Å². The van der Waals surface area contributed by atoms with Gasteiger partial charge >= 0.3 is 0 Å². The van der Waals surface area contributed by atoms with Crippen molar-refractivity contribution in [2.24, 2.45) is 0 Å². The third-order valence-electron chi connectivity index (χ3n) is 3.71. The van der Waals surface area contributed by atoms with E-state index in [9.17, 15) is 5.11 Å². The zero-order valence-electron chi connectivity index (χ0n) is 13.0. The molecule has 0 saturated carbocycles. The fraction of sp³-hybridized carbons (Fsp3) is 0.500. The topological polar surface area (TPSA) is 50.9 Å². The van der Waals surface area contributed by atoms with Crippen LogP contribution in [0.5, 0.6) is 0 Å². The van der Waals surface area contributed by atoms with Crippen LogP contribution in [0, 0.1) is 13.8 Å². The predicted molar refractivity (Wildman–Crippen MR) is 84.7 cm³/mol. The lowest BCUT2D eigenvalue weighted by Crippen LogP contribution is -2.10. The van der Waals surface area contributed by atoms with Crippen molar-refractivity contribution in [1.29, 1.82) is 0 Å². The molecule has 0 saturated heterocycles. The fourth-order valence-electron chi connectivity index (χ4n) is 2.55. The molecule has 2 heterocycles. The Morgan fingerprint density at radius 1 is 1.29 bits per heavy atom. The summed E-state index contributed by atoms with van der Waals surface area (Å²) in [7, 11) is 0. The Morgan fingerprint density at radius 3 is 2.57 bits per heavy atom. The van der Waals surface area contributed by atoms with Crippen LogP contribution in [0.1, 0.15) is 48.3 Å². The van der Waals surface area contributed by atoms with Gasteiger partial charge in [0.1, 0.15) is 0 Å². The summed E-state index contributed by atoms with van der Waals surface area (Å²) in [6.07, 6.45) is 0.619.